The predicted molar refractivity (Wildman–Crippen MR) is 142 cm³/mol. The molecule has 2 amide bonds. The first kappa shape index (κ1) is 23.8. The molecular weight excluding hydrogens is 450 g/mol. The van der Waals surface area contributed by atoms with Crippen LogP contribution in [0, 0.1) is 0 Å². The molecule has 7 nitrogen and oxygen atoms in total. The van der Waals surface area contributed by atoms with E-state index in [0.29, 0.717) is 12.4 Å². The summed E-state index contributed by atoms with van der Waals surface area (Å²) >= 11 is 0. The van der Waals surface area contributed by atoms with Crippen LogP contribution in [0.3, 0.4) is 0 Å². The van der Waals surface area contributed by atoms with E-state index in [1.807, 2.05) is 84.9 Å². The molecule has 2 N–H and O–H groups in total. The zero-order valence-corrected chi connectivity index (χ0v) is 20.4. The minimum Gasteiger partial charge on any atom is -0.383 e. The molecule has 0 saturated carbocycles. The Morgan fingerprint density at radius 2 is 1.61 bits per heavy atom. The lowest BCUT2D eigenvalue weighted by Crippen LogP contribution is -2.42. The second kappa shape index (κ2) is 11.2. The molecule has 1 aromatic heterocycles. The lowest BCUT2D eigenvalue weighted by molar-refractivity contribution is 0.159. The minimum absolute atomic E-state index is 0.0223. The highest BCUT2D eigenvalue weighted by atomic mass is 16.5. The summed E-state index contributed by atoms with van der Waals surface area (Å²) in [6.45, 7) is 3.14. The highest BCUT2D eigenvalue weighted by molar-refractivity contribution is 5.89. The van der Waals surface area contributed by atoms with Crippen molar-refractivity contribution in [2.45, 2.75) is 12.0 Å². The fraction of sp³-hybridized carbons (Fsp3) is 0.241. The van der Waals surface area contributed by atoms with Crippen molar-refractivity contribution in [2.24, 2.45) is 0 Å². The maximum atomic E-state index is 13.3. The van der Waals surface area contributed by atoms with Crippen LogP contribution in [0.5, 0.6) is 0 Å². The fourth-order valence-electron chi connectivity index (χ4n) is 4.78. The van der Waals surface area contributed by atoms with Crippen molar-refractivity contribution in [1.82, 2.24) is 20.0 Å². The number of carbonyl (C=O) groups excluding carboxylic acids is 1. The first-order chi connectivity index (χ1) is 17.7. The molecule has 0 aliphatic carbocycles. The standard InChI is InChI=1S/C29H31N5O2/c1-36-18-17-33-20-25(22-11-5-2-6-12-22)27(21-33)30-29(35)31-28-19-26(23-13-7-3-8-14-23)32-34(28)24-15-9-4-10-16-24/h2-16,19,25,27H,17-18,20-21H2,1H3,(H2,30,31,35). The molecular formula is C29H31N5O2. The normalized spacial score (nSPS) is 17.7. The number of amides is 2. The zero-order valence-electron chi connectivity index (χ0n) is 20.4. The summed E-state index contributed by atoms with van der Waals surface area (Å²) in [5, 5.41) is 11.1. The SMILES string of the molecule is COCCN1CC(NC(=O)Nc2cc(-c3ccccc3)nn2-c2ccccc2)C(c2ccccc2)C1. The molecule has 1 aliphatic heterocycles. The summed E-state index contributed by atoms with van der Waals surface area (Å²) in [6, 6.07) is 31.8. The molecule has 2 heterocycles. The second-order valence-electron chi connectivity index (χ2n) is 9.00. The number of urea groups is 1. The van der Waals surface area contributed by atoms with Crippen LogP contribution in [0.25, 0.3) is 16.9 Å². The number of carbonyl (C=O) groups is 1. The van der Waals surface area contributed by atoms with Crippen LogP contribution in [-0.2, 0) is 4.74 Å². The number of rotatable bonds is 8. The number of nitrogens with zero attached hydrogens (tertiary/aromatic N) is 3. The van der Waals surface area contributed by atoms with Gasteiger partial charge in [0.15, 0.2) is 0 Å². The molecule has 0 radical (unpaired) electrons. The average molecular weight is 482 g/mol. The molecule has 1 saturated heterocycles. The Balaban J connectivity index is 1.37. The maximum Gasteiger partial charge on any atom is 0.320 e. The van der Waals surface area contributed by atoms with E-state index in [9.17, 15) is 4.79 Å². The number of aromatic nitrogens is 2. The monoisotopic (exact) mass is 481 g/mol. The van der Waals surface area contributed by atoms with Crippen LogP contribution < -0.4 is 10.6 Å². The summed E-state index contributed by atoms with van der Waals surface area (Å²) in [5.74, 6) is 0.816. The number of anilines is 1. The van der Waals surface area contributed by atoms with Gasteiger partial charge in [-0.05, 0) is 17.7 Å². The number of hydrogen-bond acceptors (Lipinski definition) is 4. The third-order valence-corrected chi connectivity index (χ3v) is 6.57. The lowest BCUT2D eigenvalue weighted by Gasteiger charge is -2.20. The van der Waals surface area contributed by atoms with Crippen molar-refractivity contribution in [3.05, 3.63) is 103 Å². The summed E-state index contributed by atoms with van der Waals surface area (Å²) in [5.41, 5.74) is 3.89. The molecule has 1 fully saturated rings. The Morgan fingerprint density at radius 1 is 0.944 bits per heavy atom. The van der Waals surface area contributed by atoms with Crippen LogP contribution in [0.4, 0.5) is 10.6 Å². The van der Waals surface area contributed by atoms with Crippen molar-refractivity contribution >= 4 is 11.8 Å². The number of methoxy groups -OCH3 is 1. The molecule has 0 spiro atoms. The van der Waals surface area contributed by atoms with E-state index in [2.05, 4.69) is 27.7 Å². The third-order valence-electron chi connectivity index (χ3n) is 6.57. The highest BCUT2D eigenvalue weighted by Crippen LogP contribution is 2.28. The molecule has 4 aromatic rings. The van der Waals surface area contributed by atoms with Gasteiger partial charge in [-0.15, -0.1) is 0 Å². The van der Waals surface area contributed by atoms with Crippen molar-refractivity contribution in [3.8, 4) is 16.9 Å². The van der Waals surface area contributed by atoms with Gasteiger partial charge in [0.2, 0.25) is 0 Å². The Labute approximate surface area is 211 Å². The van der Waals surface area contributed by atoms with Gasteiger partial charge in [0.25, 0.3) is 0 Å². The number of benzene rings is 3. The number of para-hydroxylation sites is 1. The number of ether oxygens (including phenoxy) is 1. The maximum absolute atomic E-state index is 13.3. The largest absolute Gasteiger partial charge is 0.383 e. The smallest absolute Gasteiger partial charge is 0.320 e. The van der Waals surface area contributed by atoms with Crippen molar-refractivity contribution in [2.75, 3.05) is 38.7 Å². The van der Waals surface area contributed by atoms with Gasteiger partial charge in [0, 0.05) is 44.3 Å². The number of hydrogen-bond donors (Lipinski definition) is 2. The van der Waals surface area contributed by atoms with Crippen LogP contribution in [-0.4, -0.2) is 60.1 Å². The quantitative estimate of drug-likeness (QED) is 0.380. The molecule has 2 atom stereocenters. The van der Waals surface area contributed by atoms with Crippen molar-refractivity contribution in [1.29, 1.82) is 0 Å². The summed E-state index contributed by atoms with van der Waals surface area (Å²) in [6.07, 6.45) is 0. The van der Waals surface area contributed by atoms with Crippen LogP contribution in [0.1, 0.15) is 11.5 Å². The number of likely N-dealkylation sites (tertiary alicyclic amines) is 1. The van der Waals surface area contributed by atoms with E-state index in [-0.39, 0.29) is 18.0 Å². The summed E-state index contributed by atoms with van der Waals surface area (Å²) < 4.78 is 7.06. The second-order valence-corrected chi connectivity index (χ2v) is 9.00. The van der Waals surface area contributed by atoms with Gasteiger partial charge in [-0.3, -0.25) is 10.2 Å². The van der Waals surface area contributed by atoms with E-state index < -0.39 is 0 Å². The van der Waals surface area contributed by atoms with Crippen molar-refractivity contribution in [3.63, 3.8) is 0 Å². The molecule has 2 unspecified atom stereocenters. The molecule has 0 bridgehead atoms. The van der Waals surface area contributed by atoms with Gasteiger partial charge in [-0.25, -0.2) is 9.48 Å². The third kappa shape index (κ3) is 5.48. The van der Waals surface area contributed by atoms with E-state index in [4.69, 9.17) is 9.84 Å². The van der Waals surface area contributed by atoms with Gasteiger partial charge in [0.1, 0.15) is 5.82 Å². The molecule has 5 rings (SSSR count). The molecule has 1 aliphatic rings. The topological polar surface area (TPSA) is 71.4 Å². The summed E-state index contributed by atoms with van der Waals surface area (Å²) in [4.78, 5) is 15.6. The van der Waals surface area contributed by atoms with Crippen molar-refractivity contribution < 1.29 is 9.53 Å². The first-order valence-electron chi connectivity index (χ1n) is 12.3. The van der Waals surface area contributed by atoms with E-state index in [1.54, 1.807) is 11.8 Å². The zero-order chi connectivity index (χ0) is 24.7. The molecule has 184 valence electrons. The van der Waals surface area contributed by atoms with Gasteiger partial charge in [-0.1, -0.05) is 78.9 Å². The Morgan fingerprint density at radius 3 is 2.31 bits per heavy atom. The van der Waals surface area contributed by atoms with Crippen LogP contribution in [0.15, 0.2) is 97.1 Å². The highest BCUT2D eigenvalue weighted by Gasteiger charge is 2.34. The molecule has 3 aromatic carbocycles. The summed E-state index contributed by atoms with van der Waals surface area (Å²) in [7, 11) is 1.72. The Kier molecular flexibility index (Phi) is 7.40. The molecule has 7 heteroatoms. The lowest BCUT2D eigenvalue weighted by atomic mass is 9.94. The van der Waals surface area contributed by atoms with Crippen LogP contribution in [0.2, 0.25) is 0 Å². The minimum atomic E-state index is -0.244. The van der Waals surface area contributed by atoms with Gasteiger partial charge in [0.05, 0.1) is 24.0 Å². The Bertz CT molecular complexity index is 1260. The van der Waals surface area contributed by atoms with Gasteiger partial charge in [-0.2, -0.15) is 5.10 Å². The van der Waals surface area contributed by atoms with E-state index in [0.717, 1.165) is 36.6 Å². The average Bonchev–Trinajstić information content (AvgIpc) is 3.53. The first-order valence-corrected chi connectivity index (χ1v) is 12.3. The predicted octanol–water partition coefficient (Wildman–Crippen LogP) is 4.78. The van der Waals surface area contributed by atoms with Crippen LogP contribution >= 0.6 is 0 Å². The van der Waals surface area contributed by atoms with Gasteiger partial charge >= 0.3 is 6.03 Å². The van der Waals surface area contributed by atoms with E-state index in [1.165, 1.54) is 5.56 Å². The molecule has 36 heavy (non-hydrogen) atoms. The Hall–Kier alpha value is -3.94. The number of nitrogens with one attached hydrogen (secondary N) is 2. The van der Waals surface area contributed by atoms with Gasteiger partial charge < -0.3 is 10.1 Å². The fourth-order valence-corrected chi connectivity index (χ4v) is 4.78. The van der Waals surface area contributed by atoms with E-state index >= 15 is 0 Å².